The van der Waals surface area contributed by atoms with Crippen LogP contribution in [0.3, 0.4) is 0 Å². The molecule has 4 rings (SSSR count). The van der Waals surface area contributed by atoms with Crippen LogP contribution in [0.2, 0.25) is 0 Å². The minimum Gasteiger partial charge on any atom is -0.335 e. The van der Waals surface area contributed by atoms with Gasteiger partial charge in [-0.2, -0.15) is 0 Å². The van der Waals surface area contributed by atoms with E-state index in [1.54, 1.807) is 6.20 Å². The van der Waals surface area contributed by atoms with Crippen molar-refractivity contribution in [2.24, 2.45) is 0 Å². The fourth-order valence-electron chi connectivity index (χ4n) is 3.33. The van der Waals surface area contributed by atoms with E-state index in [-0.39, 0.29) is 11.8 Å². The van der Waals surface area contributed by atoms with Crippen molar-refractivity contribution in [1.82, 2.24) is 19.7 Å². The van der Waals surface area contributed by atoms with E-state index in [0.29, 0.717) is 11.0 Å². The Bertz CT molecular complexity index is 789. The van der Waals surface area contributed by atoms with E-state index in [4.69, 9.17) is 0 Å². The van der Waals surface area contributed by atoms with Gasteiger partial charge >= 0.3 is 0 Å². The number of piperazine rings is 1. The topological polar surface area (TPSA) is 56.8 Å². The molecule has 0 N–H and O–H groups in total. The maximum atomic E-state index is 12.5. The predicted octanol–water partition coefficient (Wildman–Crippen LogP) is 2.56. The zero-order chi connectivity index (χ0) is 18.3. The molecule has 0 unspecified atom stereocenters. The summed E-state index contributed by atoms with van der Waals surface area (Å²) in [6.07, 6.45) is 1.67. The summed E-state index contributed by atoms with van der Waals surface area (Å²) in [6.45, 7) is 6.71. The summed E-state index contributed by atoms with van der Waals surface area (Å²) >= 11 is 6.40. The average molecular weight is 455 g/mol. The molecule has 138 valence electrons. The van der Waals surface area contributed by atoms with Gasteiger partial charge in [-0.25, -0.2) is 4.98 Å². The van der Waals surface area contributed by atoms with E-state index in [0.717, 1.165) is 53.5 Å². The summed E-state index contributed by atoms with van der Waals surface area (Å²) in [6, 6.07) is 2.32. The Balaban J connectivity index is 1.27. The van der Waals surface area contributed by atoms with Crippen molar-refractivity contribution in [3.8, 4) is 0 Å². The molecule has 2 aliphatic rings. The second kappa shape index (κ2) is 7.38. The number of nitrogens with zero attached hydrogens (tertiary/aromatic N) is 4. The van der Waals surface area contributed by atoms with Crippen molar-refractivity contribution >= 4 is 50.4 Å². The largest absolute Gasteiger partial charge is 0.335 e. The number of thiazole rings is 1. The quantitative estimate of drug-likeness (QED) is 0.714. The van der Waals surface area contributed by atoms with Crippen molar-refractivity contribution < 1.29 is 9.59 Å². The molecule has 2 saturated heterocycles. The number of likely N-dealkylation sites (tertiary alicyclic amines) is 1. The Kier molecular flexibility index (Phi) is 5.13. The molecule has 0 radical (unpaired) electrons. The molecule has 0 saturated carbocycles. The normalized spacial score (nSPS) is 18.8. The molecule has 0 bridgehead atoms. The van der Waals surface area contributed by atoms with Crippen LogP contribution in [0.5, 0.6) is 0 Å². The predicted molar refractivity (Wildman–Crippen MR) is 106 cm³/mol. The number of hydrogen-bond donors (Lipinski definition) is 0. The Labute approximate surface area is 168 Å². The molecule has 26 heavy (non-hydrogen) atoms. The summed E-state index contributed by atoms with van der Waals surface area (Å²) < 4.78 is 1.00. The molecule has 0 aliphatic carbocycles. The van der Waals surface area contributed by atoms with Crippen LogP contribution in [-0.2, 0) is 0 Å². The van der Waals surface area contributed by atoms with Crippen LogP contribution < -0.4 is 0 Å². The first-order valence-electron chi connectivity index (χ1n) is 8.51. The van der Waals surface area contributed by atoms with Crippen molar-refractivity contribution in [3.05, 3.63) is 36.9 Å². The summed E-state index contributed by atoms with van der Waals surface area (Å²) in [5.41, 5.74) is 0. The smallest absolute Gasteiger partial charge is 0.282 e. The lowest BCUT2D eigenvalue weighted by Gasteiger charge is -2.47. The molecule has 9 heteroatoms. The Morgan fingerprint density at radius 2 is 1.88 bits per heavy atom. The highest BCUT2D eigenvalue weighted by atomic mass is 79.9. The number of carbonyl (C=O) groups excluding carboxylic acids is 2. The fraction of sp³-hybridized carbons (Fsp3) is 0.471. The summed E-state index contributed by atoms with van der Waals surface area (Å²) in [7, 11) is 0. The van der Waals surface area contributed by atoms with E-state index in [1.165, 1.54) is 22.7 Å². The molecule has 2 aromatic heterocycles. The van der Waals surface area contributed by atoms with Gasteiger partial charge in [0.1, 0.15) is 0 Å². The van der Waals surface area contributed by atoms with Crippen LogP contribution >= 0.6 is 38.6 Å². The lowest BCUT2D eigenvalue weighted by atomic mass is 10.1. The van der Waals surface area contributed by atoms with Gasteiger partial charge in [-0.3, -0.25) is 14.5 Å². The number of hydrogen-bond acceptors (Lipinski definition) is 6. The number of halogens is 1. The van der Waals surface area contributed by atoms with E-state index < -0.39 is 0 Å². The van der Waals surface area contributed by atoms with Crippen LogP contribution in [0.15, 0.2) is 22.1 Å². The Morgan fingerprint density at radius 1 is 1.15 bits per heavy atom. The highest BCUT2D eigenvalue weighted by Gasteiger charge is 2.37. The zero-order valence-corrected chi connectivity index (χ0v) is 17.6. The van der Waals surface area contributed by atoms with Crippen molar-refractivity contribution in [3.63, 3.8) is 0 Å². The first-order chi connectivity index (χ1) is 12.5. The molecule has 4 heterocycles. The maximum Gasteiger partial charge on any atom is 0.282 e. The van der Waals surface area contributed by atoms with Gasteiger partial charge in [-0.05, 0) is 28.9 Å². The third-order valence-electron chi connectivity index (χ3n) is 4.95. The van der Waals surface area contributed by atoms with Crippen LogP contribution in [-0.4, -0.2) is 76.8 Å². The van der Waals surface area contributed by atoms with Crippen LogP contribution in [0.25, 0.3) is 0 Å². The first kappa shape index (κ1) is 18.1. The SMILES string of the molecule is Cc1sc(C(=O)N2CC(N3CCN(C(=O)c4nccs4)CC3)C2)cc1Br. The second-order valence-electron chi connectivity index (χ2n) is 6.54. The summed E-state index contributed by atoms with van der Waals surface area (Å²) in [5.74, 6) is 0.154. The molecule has 0 aromatic carbocycles. The average Bonchev–Trinajstić information content (AvgIpc) is 3.24. The fourth-order valence-corrected chi connectivity index (χ4v) is 5.43. The number of carbonyl (C=O) groups is 2. The van der Waals surface area contributed by atoms with Gasteiger partial charge in [0.2, 0.25) is 0 Å². The van der Waals surface area contributed by atoms with E-state index in [9.17, 15) is 9.59 Å². The maximum absolute atomic E-state index is 12.5. The highest BCUT2D eigenvalue weighted by Crippen LogP contribution is 2.29. The Hall–Kier alpha value is -1.29. The molecule has 2 amide bonds. The lowest BCUT2D eigenvalue weighted by Crippen LogP contribution is -2.64. The van der Waals surface area contributed by atoms with Gasteiger partial charge in [0.25, 0.3) is 11.8 Å². The minimum atomic E-state index is 0.0312. The zero-order valence-electron chi connectivity index (χ0n) is 14.4. The van der Waals surface area contributed by atoms with Gasteiger partial charge in [0.05, 0.1) is 4.88 Å². The van der Waals surface area contributed by atoms with Crippen molar-refractivity contribution in [2.45, 2.75) is 13.0 Å². The number of amides is 2. The molecule has 6 nitrogen and oxygen atoms in total. The molecular weight excluding hydrogens is 436 g/mol. The van der Waals surface area contributed by atoms with Crippen LogP contribution in [0.1, 0.15) is 24.4 Å². The molecule has 0 atom stereocenters. The van der Waals surface area contributed by atoms with Gasteiger partial charge in [0, 0.05) is 66.2 Å². The van der Waals surface area contributed by atoms with Gasteiger partial charge in [0.15, 0.2) is 5.01 Å². The van der Waals surface area contributed by atoms with E-state index in [2.05, 4.69) is 25.8 Å². The highest BCUT2D eigenvalue weighted by molar-refractivity contribution is 9.10. The number of rotatable bonds is 3. The van der Waals surface area contributed by atoms with E-state index >= 15 is 0 Å². The summed E-state index contributed by atoms with van der Waals surface area (Å²) in [5, 5.41) is 2.40. The third-order valence-corrected chi connectivity index (χ3v) is 7.84. The summed E-state index contributed by atoms with van der Waals surface area (Å²) in [4.78, 5) is 37.1. The second-order valence-corrected chi connectivity index (χ2v) is 9.55. The van der Waals surface area contributed by atoms with Crippen LogP contribution in [0.4, 0.5) is 0 Å². The van der Waals surface area contributed by atoms with Crippen molar-refractivity contribution in [2.75, 3.05) is 39.3 Å². The molecule has 2 aliphatic heterocycles. The molecule has 2 aromatic rings. The van der Waals surface area contributed by atoms with E-state index in [1.807, 2.05) is 28.2 Å². The molecule has 0 spiro atoms. The lowest BCUT2D eigenvalue weighted by molar-refractivity contribution is 0.00879. The van der Waals surface area contributed by atoms with Crippen LogP contribution in [0, 0.1) is 6.92 Å². The standard InChI is InChI=1S/C17H19BrN4O2S2/c1-11-13(18)8-14(26-11)16(23)22-9-12(10-22)20-3-5-21(6-4-20)17(24)15-19-2-7-25-15/h2,7-8,12H,3-6,9-10H2,1H3. The van der Waals surface area contributed by atoms with Gasteiger partial charge in [-0.15, -0.1) is 22.7 Å². The first-order valence-corrected chi connectivity index (χ1v) is 11.0. The molecular formula is C17H19BrN4O2S2. The Morgan fingerprint density at radius 3 is 2.46 bits per heavy atom. The van der Waals surface area contributed by atoms with Gasteiger partial charge in [-0.1, -0.05) is 0 Å². The monoisotopic (exact) mass is 454 g/mol. The number of aromatic nitrogens is 1. The molecule has 2 fully saturated rings. The minimum absolute atomic E-state index is 0.0312. The van der Waals surface area contributed by atoms with Gasteiger partial charge < -0.3 is 9.80 Å². The number of aryl methyl sites for hydroxylation is 1. The third kappa shape index (κ3) is 3.45. The van der Waals surface area contributed by atoms with Crippen molar-refractivity contribution in [1.29, 1.82) is 0 Å². The number of thiophene rings is 1.